The Morgan fingerprint density at radius 3 is 2.50 bits per heavy atom. The number of aromatic amines is 1. The number of H-pyrrole nitrogens is 1. The molecular weight excluding hydrogens is 378 g/mol. The van der Waals surface area contributed by atoms with Crippen molar-refractivity contribution in [1.29, 1.82) is 0 Å². The van der Waals surface area contributed by atoms with Gasteiger partial charge in [-0.1, -0.05) is 30.3 Å². The van der Waals surface area contributed by atoms with Crippen LogP contribution in [0.4, 0.5) is 0 Å². The molecule has 2 fully saturated rings. The summed E-state index contributed by atoms with van der Waals surface area (Å²) in [7, 11) is 1.68. The molecular formula is C23H27N5O2. The molecule has 1 amide bonds. The minimum atomic E-state index is 0.0828. The maximum atomic E-state index is 12.9. The topological polar surface area (TPSA) is 72.6 Å². The summed E-state index contributed by atoms with van der Waals surface area (Å²) in [5.74, 6) is 0.955. The lowest BCUT2D eigenvalue weighted by Crippen LogP contribution is -2.55. The number of ether oxygens (including phenoxy) is 1. The van der Waals surface area contributed by atoms with E-state index in [0.717, 1.165) is 49.3 Å². The quantitative estimate of drug-likeness (QED) is 0.622. The number of carbonyl (C=O) groups excluding carboxylic acids is 1. The van der Waals surface area contributed by atoms with Crippen LogP contribution in [0.25, 0.3) is 10.9 Å². The van der Waals surface area contributed by atoms with Gasteiger partial charge in [-0.3, -0.25) is 9.69 Å². The fourth-order valence-electron chi connectivity index (χ4n) is 4.43. The number of para-hydroxylation sites is 1. The third-order valence-electron chi connectivity index (χ3n) is 6.20. The summed E-state index contributed by atoms with van der Waals surface area (Å²) >= 11 is 0. The van der Waals surface area contributed by atoms with Gasteiger partial charge >= 0.3 is 0 Å². The Hall–Kier alpha value is -2.87. The molecule has 2 aliphatic heterocycles. The Balaban J connectivity index is 1.17. The maximum absolute atomic E-state index is 12.9. The van der Waals surface area contributed by atoms with Crippen molar-refractivity contribution in [2.75, 3.05) is 33.3 Å². The van der Waals surface area contributed by atoms with Crippen LogP contribution in [0.1, 0.15) is 28.5 Å². The molecule has 0 saturated carbocycles. The number of aromatic nitrogens is 1. The summed E-state index contributed by atoms with van der Waals surface area (Å²) in [6.45, 7) is 3.19. The molecule has 3 heterocycles. The van der Waals surface area contributed by atoms with Crippen LogP contribution in [0.3, 0.4) is 0 Å². The lowest BCUT2D eigenvalue weighted by molar-refractivity contribution is 0.0540. The number of fused-ring (bicyclic) bond motifs is 1. The first-order valence-electron chi connectivity index (χ1n) is 10.5. The van der Waals surface area contributed by atoms with Gasteiger partial charge in [0.15, 0.2) is 0 Å². The Labute approximate surface area is 176 Å². The molecule has 2 aromatic carbocycles. The van der Waals surface area contributed by atoms with Gasteiger partial charge in [-0.15, -0.1) is 0 Å². The number of rotatable bonds is 4. The molecule has 1 aromatic heterocycles. The van der Waals surface area contributed by atoms with Crippen LogP contribution in [0, 0.1) is 0 Å². The molecule has 5 rings (SSSR count). The average molecular weight is 406 g/mol. The smallest absolute Gasteiger partial charge is 0.270 e. The molecule has 2 atom stereocenters. The second kappa shape index (κ2) is 8.10. The molecule has 3 aromatic rings. The number of methoxy groups -OCH3 is 1. The summed E-state index contributed by atoms with van der Waals surface area (Å²) < 4.78 is 5.25. The van der Waals surface area contributed by atoms with E-state index in [0.29, 0.717) is 5.69 Å². The number of nitrogens with zero attached hydrogens (tertiary/aromatic N) is 2. The van der Waals surface area contributed by atoms with E-state index in [1.807, 2.05) is 47.4 Å². The van der Waals surface area contributed by atoms with Crippen LogP contribution in [-0.4, -0.2) is 60.1 Å². The number of amides is 1. The Morgan fingerprint density at radius 2 is 1.77 bits per heavy atom. The van der Waals surface area contributed by atoms with E-state index in [1.165, 1.54) is 5.56 Å². The SMILES string of the molecule is COc1ccc(C2CC(N3CCN(C(=O)c4cc5ccccc5[nH]4)CC3)NN2)cc1. The molecule has 2 saturated heterocycles. The second-order valence-electron chi connectivity index (χ2n) is 7.96. The predicted molar refractivity (Wildman–Crippen MR) is 116 cm³/mol. The normalized spacial score (nSPS) is 22.5. The van der Waals surface area contributed by atoms with E-state index in [4.69, 9.17) is 4.74 Å². The molecule has 7 nitrogen and oxygen atoms in total. The number of nitrogens with one attached hydrogen (secondary N) is 3. The molecule has 30 heavy (non-hydrogen) atoms. The average Bonchev–Trinajstić information content (AvgIpc) is 3.46. The van der Waals surface area contributed by atoms with E-state index >= 15 is 0 Å². The minimum absolute atomic E-state index is 0.0828. The summed E-state index contributed by atoms with van der Waals surface area (Å²) in [5.41, 5.74) is 9.77. The number of hydrogen-bond donors (Lipinski definition) is 3. The van der Waals surface area contributed by atoms with E-state index < -0.39 is 0 Å². The van der Waals surface area contributed by atoms with Crippen molar-refractivity contribution in [1.82, 2.24) is 25.6 Å². The summed E-state index contributed by atoms with van der Waals surface area (Å²) in [6, 6.07) is 18.4. The molecule has 2 unspecified atom stereocenters. The number of carbonyl (C=O) groups is 1. The largest absolute Gasteiger partial charge is 0.497 e. The van der Waals surface area contributed by atoms with Gasteiger partial charge in [-0.2, -0.15) is 0 Å². The van der Waals surface area contributed by atoms with Gasteiger partial charge in [-0.05, 0) is 36.2 Å². The predicted octanol–water partition coefficient (Wildman–Crippen LogP) is 2.50. The lowest BCUT2D eigenvalue weighted by atomic mass is 10.0. The van der Waals surface area contributed by atoms with E-state index in [-0.39, 0.29) is 18.1 Å². The lowest BCUT2D eigenvalue weighted by Gasteiger charge is -2.37. The molecule has 0 aliphatic carbocycles. The van der Waals surface area contributed by atoms with Crippen molar-refractivity contribution in [3.05, 3.63) is 65.9 Å². The highest BCUT2D eigenvalue weighted by Gasteiger charge is 2.32. The first-order chi connectivity index (χ1) is 14.7. The zero-order valence-electron chi connectivity index (χ0n) is 17.1. The highest BCUT2D eigenvalue weighted by molar-refractivity contribution is 5.98. The molecule has 2 aliphatic rings. The van der Waals surface area contributed by atoms with Crippen molar-refractivity contribution < 1.29 is 9.53 Å². The monoisotopic (exact) mass is 405 g/mol. The van der Waals surface area contributed by atoms with Gasteiger partial charge in [0, 0.05) is 43.1 Å². The van der Waals surface area contributed by atoms with Gasteiger partial charge in [-0.25, -0.2) is 10.9 Å². The van der Waals surface area contributed by atoms with Gasteiger partial charge in [0.25, 0.3) is 5.91 Å². The van der Waals surface area contributed by atoms with Gasteiger partial charge < -0.3 is 14.6 Å². The second-order valence-corrected chi connectivity index (χ2v) is 7.96. The molecule has 3 N–H and O–H groups in total. The fourth-order valence-corrected chi connectivity index (χ4v) is 4.43. The van der Waals surface area contributed by atoms with Gasteiger partial charge in [0.1, 0.15) is 11.4 Å². The highest BCUT2D eigenvalue weighted by atomic mass is 16.5. The van der Waals surface area contributed by atoms with Crippen molar-refractivity contribution in [3.8, 4) is 5.75 Å². The first-order valence-corrected chi connectivity index (χ1v) is 10.5. The third-order valence-corrected chi connectivity index (χ3v) is 6.20. The van der Waals surface area contributed by atoms with Crippen LogP contribution < -0.4 is 15.6 Å². The van der Waals surface area contributed by atoms with Crippen molar-refractivity contribution in [2.45, 2.75) is 18.6 Å². The van der Waals surface area contributed by atoms with Gasteiger partial charge in [0.2, 0.25) is 0 Å². The van der Waals surface area contributed by atoms with E-state index in [9.17, 15) is 4.79 Å². The van der Waals surface area contributed by atoms with Crippen molar-refractivity contribution >= 4 is 16.8 Å². The van der Waals surface area contributed by atoms with Crippen LogP contribution in [-0.2, 0) is 0 Å². The Kier molecular flexibility index (Phi) is 5.16. The van der Waals surface area contributed by atoms with Gasteiger partial charge in [0.05, 0.1) is 13.3 Å². The van der Waals surface area contributed by atoms with Crippen molar-refractivity contribution in [2.24, 2.45) is 0 Å². The third kappa shape index (κ3) is 3.67. The molecule has 0 bridgehead atoms. The van der Waals surface area contributed by atoms with Crippen molar-refractivity contribution in [3.63, 3.8) is 0 Å². The van der Waals surface area contributed by atoms with Crippen LogP contribution in [0.5, 0.6) is 5.75 Å². The highest BCUT2D eigenvalue weighted by Crippen LogP contribution is 2.26. The van der Waals surface area contributed by atoms with Crippen LogP contribution in [0.15, 0.2) is 54.6 Å². The zero-order chi connectivity index (χ0) is 20.5. The molecule has 156 valence electrons. The molecule has 0 spiro atoms. The summed E-state index contributed by atoms with van der Waals surface area (Å²) in [5, 5.41) is 1.07. The van der Waals surface area contributed by atoms with Crippen LogP contribution in [0.2, 0.25) is 0 Å². The minimum Gasteiger partial charge on any atom is -0.497 e. The summed E-state index contributed by atoms with van der Waals surface area (Å²) in [4.78, 5) is 20.6. The van der Waals surface area contributed by atoms with Crippen LogP contribution >= 0.6 is 0 Å². The number of hydrazine groups is 1. The first kappa shape index (κ1) is 19.1. The summed E-state index contributed by atoms with van der Waals surface area (Å²) in [6.07, 6.45) is 1.25. The van der Waals surface area contributed by atoms with E-state index in [1.54, 1.807) is 7.11 Å². The molecule has 0 radical (unpaired) electrons. The number of piperazine rings is 1. The zero-order valence-corrected chi connectivity index (χ0v) is 17.1. The maximum Gasteiger partial charge on any atom is 0.270 e. The number of benzene rings is 2. The Morgan fingerprint density at radius 1 is 1.00 bits per heavy atom. The van der Waals surface area contributed by atoms with E-state index in [2.05, 4.69) is 32.9 Å². The fraction of sp³-hybridized carbons (Fsp3) is 0.348. The standard InChI is InChI=1S/C23H27N5O2/c1-30-18-8-6-16(7-9-18)20-15-22(26-25-20)27-10-12-28(13-11-27)23(29)21-14-17-4-2-3-5-19(17)24-21/h2-9,14,20,22,24-26H,10-13,15H2,1H3. The number of hydrogen-bond acceptors (Lipinski definition) is 5. The Bertz CT molecular complexity index is 991. The molecule has 7 heteroatoms.